The van der Waals surface area contributed by atoms with Crippen LogP contribution in [0.2, 0.25) is 0 Å². The zero-order chi connectivity index (χ0) is 13.5. The lowest BCUT2D eigenvalue weighted by molar-refractivity contribution is -0.121. The van der Waals surface area contributed by atoms with Gasteiger partial charge in [0.25, 0.3) is 0 Å². The van der Waals surface area contributed by atoms with E-state index in [1.807, 2.05) is 24.3 Å². The third-order valence-corrected chi connectivity index (χ3v) is 3.21. The average Bonchev–Trinajstić information content (AvgIpc) is 2.47. The van der Waals surface area contributed by atoms with Crippen LogP contribution in [0.15, 0.2) is 24.3 Å². The Morgan fingerprint density at radius 2 is 2.16 bits per heavy atom. The van der Waals surface area contributed by atoms with Crippen molar-refractivity contribution in [2.24, 2.45) is 0 Å². The maximum Gasteiger partial charge on any atom is 0.221 e. The summed E-state index contributed by atoms with van der Waals surface area (Å²) in [5, 5.41) is 9.53. The van der Waals surface area contributed by atoms with Crippen molar-refractivity contribution in [3.05, 3.63) is 29.8 Å². The SMILES string of the molecule is COc1ccc(CNC(=O)CC2CNCCN2)cc1. The molecular formula is C14H21N3O2. The van der Waals surface area contributed by atoms with Crippen LogP contribution in [-0.4, -0.2) is 38.7 Å². The highest BCUT2D eigenvalue weighted by Gasteiger charge is 2.15. The van der Waals surface area contributed by atoms with Crippen LogP contribution >= 0.6 is 0 Å². The Kier molecular flexibility index (Phi) is 5.18. The minimum absolute atomic E-state index is 0.0806. The summed E-state index contributed by atoms with van der Waals surface area (Å²) in [5.41, 5.74) is 1.07. The van der Waals surface area contributed by atoms with E-state index in [4.69, 9.17) is 4.74 Å². The molecule has 0 aliphatic carbocycles. The summed E-state index contributed by atoms with van der Waals surface area (Å²) < 4.78 is 5.09. The van der Waals surface area contributed by atoms with Crippen LogP contribution in [0, 0.1) is 0 Å². The largest absolute Gasteiger partial charge is 0.497 e. The molecular weight excluding hydrogens is 242 g/mol. The molecule has 0 saturated carbocycles. The van der Waals surface area contributed by atoms with Crippen molar-refractivity contribution in [3.63, 3.8) is 0 Å². The molecule has 0 bridgehead atoms. The first-order valence-corrected chi connectivity index (χ1v) is 6.61. The van der Waals surface area contributed by atoms with Gasteiger partial charge in [-0.05, 0) is 17.7 Å². The van der Waals surface area contributed by atoms with Crippen LogP contribution in [0.4, 0.5) is 0 Å². The molecule has 2 rings (SSSR count). The van der Waals surface area contributed by atoms with Gasteiger partial charge in [-0.2, -0.15) is 0 Å². The van der Waals surface area contributed by atoms with Crippen LogP contribution < -0.4 is 20.7 Å². The molecule has 5 heteroatoms. The molecule has 1 heterocycles. The van der Waals surface area contributed by atoms with Crippen LogP contribution in [0.1, 0.15) is 12.0 Å². The quantitative estimate of drug-likeness (QED) is 0.713. The topological polar surface area (TPSA) is 62.4 Å². The average molecular weight is 263 g/mol. The van der Waals surface area contributed by atoms with Gasteiger partial charge in [-0.3, -0.25) is 4.79 Å². The molecule has 0 radical (unpaired) electrons. The molecule has 1 amide bonds. The third-order valence-electron chi connectivity index (χ3n) is 3.21. The van der Waals surface area contributed by atoms with E-state index in [0.29, 0.717) is 13.0 Å². The molecule has 5 nitrogen and oxygen atoms in total. The zero-order valence-electron chi connectivity index (χ0n) is 11.2. The predicted octanol–water partition coefficient (Wildman–Crippen LogP) is 0.263. The summed E-state index contributed by atoms with van der Waals surface area (Å²) in [6.45, 7) is 3.32. The Balaban J connectivity index is 1.72. The number of ether oxygens (including phenoxy) is 1. The monoisotopic (exact) mass is 263 g/mol. The number of nitrogens with one attached hydrogen (secondary N) is 3. The molecule has 1 fully saturated rings. The summed E-state index contributed by atoms with van der Waals surface area (Å²) in [6.07, 6.45) is 0.517. The molecule has 1 aromatic rings. The minimum Gasteiger partial charge on any atom is -0.497 e. The van der Waals surface area contributed by atoms with Crippen LogP contribution in [0.5, 0.6) is 5.75 Å². The molecule has 19 heavy (non-hydrogen) atoms. The van der Waals surface area contributed by atoms with Crippen molar-refractivity contribution in [2.75, 3.05) is 26.7 Å². The highest BCUT2D eigenvalue weighted by Crippen LogP contribution is 2.10. The van der Waals surface area contributed by atoms with E-state index in [1.165, 1.54) is 0 Å². The van der Waals surface area contributed by atoms with Crippen LogP contribution in [0.25, 0.3) is 0 Å². The molecule has 1 saturated heterocycles. The second-order valence-corrected chi connectivity index (χ2v) is 4.68. The van der Waals surface area contributed by atoms with Crippen molar-refractivity contribution in [2.45, 2.75) is 19.0 Å². The molecule has 1 aliphatic heterocycles. The van der Waals surface area contributed by atoms with Crippen molar-refractivity contribution in [1.29, 1.82) is 0 Å². The number of benzene rings is 1. The van der Waals surface area contributed by atoms with Gasteiger partial charge in [0.05, 0.1) is 7.11 Å². The molecule has 1 aromatic carbocycles. The van der Waals surface area contributed by atoms with E-state index >= 15 is 0 Å². The van der Waals surface area contributed by atoms with Gasteiger partial charge in [-0.1, -0.05) is 12.1 Å². The second kappa shape index (κ2) is 7.11. The smallest absolute Gasteiger partial charge is 0.221 e. The lowest BCUT2D eigenvalue weighted by atomic mass is 10.1. The summed E-state index contributed by atoms with van der Waals surface area (Å²) in [4.78, 5) is 11.8. The number of carbonyl (C=O) groups excluding carboxylic acids is 1. The fraction of sp³-hybridized carbons (Fsp3) is 0.500. The molecule has 1 unspecified atom stereocenters. The Labute approximate surface area is 113 Å². The summed E-state index contributed by atoms with van der Waals surface area (Å²) in [7, 11) is 1.64. The van der Waals surface area contributed by atoms with Gasteiger partial charge in [0.2, 0.25) is 5.91 Å². The lowest BCUT2D eigenvalue weighted by Gasteiger charge is -2.23. The number of piperazine rings is 1. The van der Waals surface area contributed by atoms with Crippen molar-refractivity contribution in [1.82, 2.24) is 16.0 Å². The van der Waals surface area contributed by atoms with Gasteiger partial charge in [-0.25, -0.2) is 0 Å². The lowest BCUT2D eigenvalue weighted by Crippen LogP contribution is -2.50. The first kappa shape index (κ1) is 13.8. The number of carbonyl (C=O) groups is 1. The van der Waals surface area contributed by atoms with Gasteiger partial charge in [0.15, 0.2) is 0 Å². The molecule has 104 valence electrons. The van der Waals surface area contributed by atoms with Crippen LogP contribution in [-0.2, 0) is 11.3 Å². The van der Waals surface area contributed by atoms with Gasteiger partial charge in [0, 0.05) is 38.6 Å². The van der Waals surface area contributed by atoms with Crippen LogP contribution in [0.3, 0.4) is 0 Å². The van der Waals surface area contributed by atoms with Crippen molar-refractivity contribution in [3.8, 4) is 5.75 Å². The van der Waals surface area contributed by atoms with Gasteiger partial charge >= 0.3 is 0 Å². The van der Waals surface area contributed by atoms with E-state index < -0.39 is 0 Å². The van der Waals surface area contributed by atoms with E-state index in [0.717, 1.165) is 30.9 Å². The minimum atomic E-state index is 0.0806. The number of methoxy groups -OCH3 is 1. The Bertz CT molecular complexity index is 400. The maximum absolute atomic E-state index is 11.8. The Morgan fingerprint density at radius 3 is 2.79 bits per heavy atom. The van der Waals surface area contributed by atoms with Crippen molar-refractivity contribution >= 4 is 5.91 Å². The summed E-state index contributed by atoms with van der Waals surface area (Å²) >= 11 is 0. The first-order chi connectivity index (χ1) is 9.28. The summed E-state index contributed by atoms with van der Waals surface area (Å²) in [5.74, 6) is 0.907. The Morgan fingerprint density at radius 1 is 1.37 bits per heavy atom. The van der Waals surface area contributed by atoms with E-state index in [1.54, 1.807) is 7.11 Å². The first-order valence-electron chi connectivity index (χ1n) is 6.61. The number of amides is 1. The number of rotatable bonds is 5. The standard InChI is InChI=1S/C14H21N3O2/c1-19-13-4-2-11(3-5-13)9-17-14(18)8-12-10-15-6-7-16-12/h2-5,12,15-16H,6-10H2,1H3,(H,17,18). The molecule has 1 atom stereocenters. The maximum atomic E-state index is 11.8. The number of hydrogen-bond donors (Lipinski definition) is 3. The summed E-state index contributed by atoms with van der Waals surface area (Å²) in [6, 6.07) is 7.95. The molecule has 0 spiro atoms. The van der Waals surface area contributed by atoms with Gasteiger partial charge < -0.3 is 20.7 Å². The van der Waals surface area contributed by atoms with E-state index in [-0.39, 0.29) is 11.9 Å². The molecule has 1 aliphatic rings. The normalized spacial score (nSPS) is 18.9. The van der Waals surface area contributed by atoms with Gasteiger partial charge in [0.1, 0.15) is 5.75 Å². The molecule has 0 aromatic heterocycles. The fourth-order valence-corrected chi connectivity index (χ4v) is 2.10. The number of hydrogen-bond acceptors (Lipinski definition) is 4. The fourth-order valence-electron chi connectivity index (χ4n) is 2.10. The Hall–Kier alpha value is -1.59. The predicted molar refractivity (Wildman–Crippen MR) is 74.1 cm³/mol. The van der Waals surface area contributed by atoms with E-state index in [9.17, 15) is 4.79 Å². The zero-order valence-corrected chi connectivity index (χ0v) is 11.2. The van der Waals surface area contributed by atoms with Crippen molar-refractivity contribution < 1.29 is 9.53 Å². The van der Waals surface area contributed by atoms with Gasteiger partial charge in [-0.15, -0.1) is 0 Å². The second-order valence-electron chi connectivity index (χ2n) is 4.68. The third kappa shape index (κ3) is 4.54. The highest BCUT2D eigenvalue weighted by molar-refractivity contribution is 5.76. The highest BCUT2D eigenvalue weighted by atomic mass is 16.5. The molecule has 3 N–H and O–H groups in total. The van der Waals surface area contributed by atoms with E-state index in [2.05, 4.69) is 16.0 Å².